The summed E-state index contributed by atoms with van der Waals surface area (Å²) in [4.78, 5) is 0. The highest BCUT2D eigenvalue weighted by atomic mass is 16.7. The summed E-state index contributed by atoms with van der Waals surface area (Å²) in [7, 11) is 0. The number of aliphatic hydroxyl groups is 1. The number of rotatable bonds is 6. The van der Waals surface area contributed by atoms with E-state index in [9.17, 15) is 5.11 Å². The standard InChI is InChI=1S/C25H46O3/c1-16(2)21-9-7-18(5)13-23(21)25(27-15-20(28-25)11-12-26)24-14-19(6)8-10-22(24)17(3)4/h16-24,26H,7-15H2,1-6H3/t18-,19+,20-,21-,22+,23+,24+,25?/m0/s1. The normalized spacial score (nSPS) is 45.1. The van der Waals surface area contributed by atoms with E-state index in [2.05, 4.69) is 41.5 Å². The van der Waals surface area contributed by atoms with Gasteiger partial charge in [0, 0.05) is 18.4 Å². The Morgan fingerprint density at radius 1 is 0.857 bits per heavy atom. The lowest BCUT2D eigenvalue weighted by molar-refractivity contribution is -0.280. The van der Waals surface area contributed by atoms with Crippen LogP contribution in [0.2, 0.25) is 0 Å². The zero-order valence-corrected chi connectivity index (χ0v) is 19.3. The van der Waals surface area contributed by atoms with Gasteiger partial charge < -0.3 is 14.6 Å². The van der Waals surface area contributed by atoms with Crippen LogP contribution < -0.4 is 0 Å². The van der Waals surface area contributed by atoms with Crippen LogP contribution in [0.15, 0.2) is 0 Å². The number of ether oxygens (including phenoxy) is 2. The summed E-state index contributed by atoms with van der Waals surface area (Å²) in [5.74, 6) is 4.71. The maximum Gasteiger partial charge on any atom is 0.174 e. The van der Waals surface area contributed by atoms with Gasteiger partial charge in [0.1, 0.15) is 0 Å². The fourth-order valence-electron chi connectivity index (χ4n) is 6.83. The Bertz CT molecular complexity index is 456. The van der Waals surface area contributed by atoms with Gasteiger partial charge in [-0.25, -0.2) is 0 Å². The van der Waals surface area contributed by atoms with Gasteiger partial charge in [-0.1, -0.05) is 54.4 Å². The first-order chi connectivity index (χ1) is 13.3. The highest BCUT2D eigenvalue weighted by Gasteiger charge is 2.59. The van der Waals surface area contributed by atoms with Crippen LogP contribution in [0.3, 0.4) is 0 Å². The average Bonchev–Trinajstić information content (AvgIpc) is 3.06. The van der Waals surface area contributed by atoms with Gasteiger partial charge in [-0.05, 0) is 67.6 Å². The molecule has 1 N–H and O–H groups in total. The highest BCUT2D eigenvalue weighted by molar-refractivity contribution is 5.01. The van der Waals surface area contributed by atoms with Crippen molar-refractivity contribution in [3.63, 3.8) is 0 Å². The lowest BCUT2D eigenvalue weighted by Crippen LogP contribution is -2.56. The maximum absolute atomic E-state index is 9.55. The molecular weight excluding hydrogens is 348 g/mol. The molecule has 0 aromatic rings. The Morgan fingerprint density at radius 2 is 1.36 bits per heavy atom. The number of hydrogen-bond acceptors (Lipinski definition) is 3. The minimum atomic E-state index is -0.437. The predicted molar refractivity (Wildman–Crippen MR) is 115 cm³/mol. The molecule has 3 heteroatoms. The van der Waals surface area contributed by atoms with E-state index in [-0.39, 0.29) is 12.7 Å². The molecule has 1 heterocycles. The number of hydrogen-bond donors (Lipinski definition) is 1. The van der Waals surface area contributed by atoms with Gasteiger partial charge in [0.15, 0.2) is 5.79 Å². The molecule has 0 aromatic heterocycles. The Balaban J connectivity index is 1.99. The first-order valence-electron chi connectivity index (χ1n) is 12.2. The largest absolute Gasteiger partial charge is 0.396 e. The van der Waals surface area contributed by atoms with Crippen molar-refractivity contribution in [1.82, 2.24) is 0 Å². The Labute approximate surface area is 174 Å². The Hall–Kier alpha value is -0.120. The first kappa shape index (κ1) is 22.6. The van der Waals surface area contributed by atoms with E-state index in [4.69, 9.17) is 9.47 Å². The highest BCUT2D eigenvalue weighted by Crippen LogP contribution is 2.56. The van der Waals surface area contributed by atoms with E-state index in [1.807, 2.05) is 0 Å². The molecule has 2 aliphatic carbocycles. The van der Waals surface area contributed by atoms with E-state index in [0.717, 1.165) is 11.8 Å². The lowest BCUT2D eigenvalue weighted by Gasteiger charge is -2.53. The Morgan fingerprint density at radius 3 is 1.79 bits per heavy atom. The zero-order valence-electron chi connectivity index (χ0n) is 19.3. The van der Waals surface area contributed by atoms with Crippen LogP contribution >= 0.6 is 0 Å². The molecule has 1 unspecified atom stereocenters. The molecule has 2 saturated carbocycles. The van der Waals surface area contributed by atoms with Crippen LogP contribution in [0.4, 0.5) is 0 Å². The predicted octanol–water partition coefficient (Wildman–Crippen LogP) is 5.90. The minimum Gasteiger partial charge on any atom is -0.396 e. The third-order valence-electron chi connectivity index (χ3n) is 8.37. The van der Waals surface area contributed by atoms with Crippen LogP contribution in [0.25, 0.3) is 0 Å². The quantitative estimate of drug-likeness (QED) is 0.610. The summed E-state index contributed by atoms with van der Waals surface area (Å²) in [5, 5.41) is 9.55. The lowest BCUT2D eigenvalue weighted by atomic mass is 9.58. The Kier molecular flexibility index (Phi) is 7.53. The molecule has 3 nitrogen and oxygen atoms in total. The molecule has 1 aliphatic heterocycles. The van der Waals surface area contributed by atoms with Crippen molar-refractivity contribution >= 4 is 0 Å². The second kappa shape index (κ2) is 9.35. The summed E-state index contributed by atoms with van der Waals surface area (Å²) in [5.41, 5.74) is 0. The average molecular weight is 395 g/mol. The SMILES string of the molecule is CC(C)[C@H]1CC[C@@H](C)C[C@H]1C1([C@@H]2C[C@@H](C)CC[C@H]2C(C)C)OC[C@H](CCO)O1. The summed E-state index contributed by atoms with van der Waals surface area (Å²) < 4.78 is 13.8. The molecule has 3 rings (SSSR count). The second-order valence-corrected chi connectivity index (χ2v) is 11.1. The fourth-order valence-corrected chi connectivity index (χ4v) is 6.83. The molecule has 0 spiro atoms. The van der Waals surface area contributed by atoms with Crippen molar-refractivity contribution < 1.29 is 14.6 Å². The molecule has 28 heavy (non-hydrogen) atoms. The van der Waals surface area contributed by atoms with Gasteiger partial charge in [-0.15, -0.1) is 0 Å². The van der Waals surface area contributed by atoms with E-state index in [1.54, 1.807) is 0 Å². The van der Waals surface area contributed by atoms with Gasteiger partial charge in [0.2, 0.25) is 0 Å². The molecule has 3 aliphatic rings. The van der Waals surface area contributed by atoms with E-state index < -0.39 is 5.79 Å². The van der Waals surface area contributed by atoms with Gasteiger partial charge in [0.25, 0.3) is 0 Å². The van der Waals surface area contributed by atoms with Gasteiger partial charge in [-0.2, -0.15) is 0 Å². The van der Waals surface area contributed by atoms with Crippen molar-refractivity contribution in [2.24, 2.45) is 47.3 Å². The summed E-state index contributed by atoms with van der Waals surface area (Å²) in [6.45, 7) is 15.3. The van der Waals surface area contributed by atoms with Crippen molar-refractivity contribution in [2.75, 3.05) is 13.2 Å². The minimum absolute atomic E-state index is 0.0556. The van der Waals surface area contributed by atoms with E-state index >= 15 is 0 Å². The van der Waals surface area contributed by atoms with E-state index in [1.165, 1.54) is 38.5 Å². The third-order valence-corrected chi connectivity index (χ3v) is 8.37. The molecule has 3 fully saturated rings. The van der Waals surface area contributed by atoms with Gasteiger partial charge in [-0.3, -0.25) is 0 Å². The summed E-state index contributed by atoms with van der Waals surface area (Å²) in [6.07, 6.45) is 8.49. The van der Waals surface area contributed by atoms with Crippen LogP contribution in [0, 0.1) is 47.3 Å². The number of aliphatic hydroxyl groups excluding tert-OH is 1. The second-order valence-electron chi connectivity index (χ2n) is 11.1. The van der Waals surface area contributed by atoms with Gasteiger partial charge in [0.05, 0.1) is 12.7 Å². The zero-order chi connectivity index (χ0) is 20.5. The van der Waals surface area contributed by atoms with Crippen LogP contribution in [-0.4, -0.2) is 30.2 Å². The van der Waals surface area contributed by atoms with Crippen LogP contribution in [0.1, 0.15) is 86.5 Å². The topological polar surface area (TPSA) is 38.7 Å². The van der Waals surface area contributed by atoms with Crippen molar-refractivity contribution in [3.05, 3.63) is 0 Å². The monoisotopic (exact) mass is 394 g/mol. The first-order valence-corrected chi connectivity index (χ1v) is 12.2. The smallest absolute Gasteiger partial charge is 0.174 e. The summed E-state index contributed by atoms with van der Waals surface area (Å²) >= 11 is 0. The van der Waals surface area contributed by atoms with Crippen LogP contribution in [-0.2, 0) is 9.47 Å². The van der Waals surface area contributed by atoms with Gasteiger partial charge >= 0.3 is 0 Å². The third kappa shape index (κ3) is 4.47. The van der Waals surface area contributed by atoms with Crippen molar-refractivity contribution in [1.29, 1.82) is 0 Å². The van der Waals surface area contributed by atoms with Crippen LogP contribution in [0.5, 0.6) is 0 Å². The molecule has 0 radical (unpaired) electrons. The molecule has 8 atom stereocenters. The molecule has 1 saturated heterocycles. The molecule has 0 aromatic carbocycles. The molecule has 164 valence electrons. The molecular formula is C25H46O3. The molecule has 0 bridgehead atoms. The fraction of sp³-hybridized carbons (Fsp3) is 1.00. The van der Waals surface area contributed by atoms with Crippen molar-refractivity contribution in [3.8, 4) is 0 Å². The summed E-state index contributed by atoms with van der Waals surface area (Å²) in [6, 6.07) is 0. The van der Waals surface area contributed by atoms with E-state index in [0.29, 0.717) is 48.5 Å². The van der Waals surface area contributed by atoms with Crippen molar-refractivity contribution in [2.45, 2.75) is 98.4 Å². The maximum atomic E-state index is 9.55. The molecule has 0 amide bonds.